The SMILES string of the molecule is COc1ccc(C2CCCCC2)c2c1C(=O)C=CC2=O. The molecule has 20 heavy (non-hydrogen) atoms. The summed E-state index contributed by atoms with van der Waals surface area (Å²) in [6, 6.07) is 3.80. The van der Waals surface area contributed by atoms with Gasteiger partial charge >= 0.3 is 0 Å². The lowest BCUT2D eigenvalue weighted by Gasteiger charge is -2.26. The predicted octanol–water partition coefficient (Wildman–Crippen LogP) is 3.68. The minimum absolute atomic E-state index is 0.0703. The first-order valence-electron chi connectivity index (χ1n) is 7.20. The van der Waals surface area contributed by atoms with Crippen LogP contribution in [0.3, 0.4) is 0 Å². The fourth-order valence-corrected chi connectivity index (χ4v) is 3.35. The first-order valence-corrected chi connectivity index (χ1v) is 7.20. The molecule has 0 N–H and O–H groups in total. The van der Waals surface area contributed by atoms with Crippen molar-refractivity contribution in [3.8, 4) is 5.75 Å². The Hall–Kier alpha value is -1.90. The van der Waals surface area contributed by atoms with Crippen molar-refractivity contribution in [2.24, 2.45) is 0 Å². The van der Waals surface area contributed by atoms with E-state index in [4.69, 9.17) is 4.74 Å². The average Bonchev–Trinajstić information content (AvgIpc) is 2.50. The number of ether oxygens (including phenoxy) is 1. The molecule has 0 heterocycles. The Morgan fingerprint density at radius 2 is 1.60 bits per heavy atom. The molecule has 104 valence electrons. The molecule has 2 aliphatic carbocycles. The number of allylic oxidation sites excluding steroid dienone is 2. The number of fused-ring (bicyclic) bond motifs is 1. The standard InChI is InChI=1S/C17H18O3/c1-20-15-10-7-12(11-5-3-2-4-6-11)16-13(18)8-9-14(19)17(15)16/h7-11H,2-6H2,1H3. The van der Waals surface area contributed by atoms with E-state index < -0.39 is 0 Å². The summed E-state index contributed by atoms with van der Waals surface area (Å²) in [5.74, 6) is 0.696. The number of ketones is 2. The fraction of sp³-hybridized carbons (Fsp3) is 0.412. The zero-order valence-corrected chi connectivity index (χ0v) is 11.6. The zero-order chi connectivity index (χ0) is 14.1. The summed E-state index contributed by atoms with van der Waals surface area (Å²) in [5, 5.41) is 0. The van der Waals surface area contributed by atoms with Crippen LogP contribution in [0.2, 0.25) is 0 Å². The Kier molecular flexibility index (Phi) is 3.43. The molecule has 1 saturated carbocycles. The summed E-state index contributed by atoms with van der Waals surface area (Å²) in [4.78, 5) is 24.4. The molecule has 0 atom stereocenters. The maximum atomic E-state index is 12.3. The number of carbonyl (C=O) groups is 2. The van der Waals surface area contributed by atoms with Gasteiger partial charge in [-0.1, -0.05) is 25.3 Å². The van der Waals surface area contributed by atoms with Crippen LogP contribution in [0.15, 0.2) is 24.3 Å². The van der Waals surface area contributed by atoms with E-state index in [0.29, 0.717) is 22.8 Å². The van der Waals surface area contributed by atoms with Crippen LogP contribution >= 0.6 is 0 Å². The molecule has 0 aromatic heterocycles. The highest BCUT2D eigenvalue weighted by Gasteiger charge is 2.29. The maximum Gasteiger partial charge on any atom is 0.190 e. The first-order chi connectivity index (χ1) is 9.72. The van der Waals surface area contributed by atoms with Crippen LogP contribution in [0.4, 0.5) is 0 Å². The summed E-state index contributed by atoms with van der Waals surface area (Å²) in [6.07, 6.45) is 8.59. The molecule has 3 heteroatoms. The maximum absolute atomic E-state index is 12.3. The molecule has 0 bridgehead atoms. The number of carbonyl (C=O) groups excluding carboxylic acids is 2. The van der Waals surface area contributed by atoms with E-state index in [1.807, 2.05) is 12.1 Å². The monoisotopic (exact) mass is 270 g/mol. The first kappa shape index (κ1) is 13.1. The van der Waals surface area contributed by atoms with Crippen LogP contribution in [0, 0.1) is 0 Å². The summed E-state index contributed by atoms with van der Waals surface area (Å²) in [7, 11) is 1.53. The molecule has 0 saturated heterocycles. The molecule has 3 rings (SSSR count). The van der Waals surface area contributed by atoms with Crippen molar-refractivity contribution in [2.45, 2.75) is 38.0 Å². The molecule has 0 unspecified atom stereocenters. The van der Waals surface area contributed by atoms with Crippen molar-refractivity contribution in [2.75, 3.05) is 7.11 Å². The summed E-state index contributed by atoms with van der Waals surface area (Å²) in [6.45, 7) is 0. The second-order valence-electron chi connectivity index (χ2n) is 5.50. The summed E-state index contributed by atoms with van der Waals surface area (Å²) >= 11 is 0. The van der Waals surface area contributed by atoms with Gasteiger partial charge in [0.05, 0.1) is 12.7 Å². The van der Waals surface area contributed by atoms with Gasteiger partial charge in [0.2, 0.25) is 0 Å². The van der Waals surface area contributed by atoms with E-state index in [0.717, 1.165) is 18.4 Å². The molecule has 0 radical (unpaired) electrons. The van der Waals surface area contributed by atoms with Gasteiger partial charge in [-0.05, 0) is 42.5 Å². The van der Waals surface area contributed by atoms with E-state index in [1.165, 1.54) is 38.5 Å². The van der Waals surface area contributed by atoms with Crippen LogP contribution < -0.4 is 4.74 Å². The highest BCUT2D eigenvalue weighted by molar-refractivity contribution is 6.23. The van der Waals surface area contributed by atoms with Crippen molar-refractivity contribution in [3.63, 3.8) is 0 Å². The third-order valence-corrected chi connectivity index (χ3v) is 4.34. The predicted molar refractivity (Wildman–Crippen MR) is 76.6 cm³/mol. The van der Waals surface area contributed by atoms with Crippen molar-refractivity contribution in [3.05, 3.63) is 41.0 Å². The van der Waals surface area contributed by atoms with Gasteiger partial charge in [0, 0.05) is 5.56 Å². The Balaban J connectivity index is 2.15. The lowest BCUT2D eigenvalue weighted by molar-refractivity contribution is 0.0990. The van der Waals surface area contributed by atoms with Crippen LogP contribution in [-0.2, 0) is 0 Å². The second-order valence-corrected chi connectivity index (χ2v) is 5.50. The van der Waals surface area contributed by atoms with Crippen molar-refractivity contribution < 1.29 is 14.3 Å². The third-order valence-electron chi connectivity index (χ3n) is 4.34. The van der Waals surface area contributed by atoms with E-state index in [2.05, 4.69) is 0 Å². The van der Waals surface area contributed by atoms with E-state index in [1.54, 1.807) is 0 Å². The minimum atomic E-state index is -0.130. The third kappa shape index (κ3) is 2.07. The van der Waals surface area contributed by atoms with Gasteiger partial charge in [-0.3, -0.25) is 9.59 Å². The van der Waals surface area contributed by atoms with Crippen LogP contribution in [0.5, 0.6) is 5.75 Å². The number of hydrogen-bond donors (Lipinski definition) is 0. The van der Waals surface area contributed by atoms with Crippen molar-refractivity contribution in [1.29, 1.82) is 0 Å². The Bertz CT molecular complexity index is 592. The summed E-state index contributed by atoms with van der Waals surface area (Å²) in [5.41, 5.74) is 2.05. The molecule has 1 fully saturated rings. The second kappa shape index (κ2) is 5.23. The highest BCUT2D eigenvalue weighted by atomic mass is 16.5. The number of benzene rings is 1. The molecule has 0 spiro atoms. The van der Waals surface area contributed by atoms with E-state index >= 15 is 0 Å². The average molecular weight is 270 g/mol. The Morgan fingerprint density at radius 3 is 2.25 bits per heavy atom. The molecule has 3 nitrogen and oxygen atoms in total. The minimum Gasteiger partial charge on any atom is -0.496 e. The Morgan fingerprint density at radius 1 is 0.950 bits per heavy atom. The fourth-order valence-electron chi connectivity index (χ4n) is 3.35. The normalized spacial score (nSPS) is 19.1. The van der Waals surface area contributed by atoms with Crippen molar-refractivity contribution in [1.82, 2.24) is 0 Å². The molecular formula is C17H18O3. The molecule has 1 aromatic rings. The molecule has 1 aromatic carbocycles. The number of methoxy groups -OCH3 is 1. The lowest BCUT2D eigenvalue weighted by Crippen LogP contribution is -2.18. The molecular weight excluding hydrogens is 252 g/mol. The topological polar surface area (TPSA) is 43.4 Å². The van der Waals surface area contributed by atoms with Crippen LogP contribution in [0.1, 0.15) is 64.3 Å². The van der Waals surface area contributed by atoms with E-state index in [-0.39, 0.29) is 11.6 Å². The van der Waals surface area contributed by atoms with Gasteiger partial charge in [0.25, 0.3) is 0 Å². The van der Waals surface area contributed by atoms with Crippen LogP contribution in [0.25, 0.3) is 0 Å². The zero-order valence-electron chi connectivity index (χ0n) is 11.6. The highest BCUT2D eigenvalue weighted by Crippen LogP contribution is 2.39. The number of rotatable bonds is 2. The quantitative estimate of drug-likeness (QED) is 0.823. The van der Waals surface area contributed by atoms with Gasteiger partial charge < -0.3 is 4.74 Å². The Labute approximate surface area is 118 Å². The van der Waals surface area contributed by atoms with Gasteiger partial charge in [0.1, 0.15) is 5.75 Å². The largest absolute Gasteiger partial charge is 0.496 e. The van der Waals surface area contributed by atoms with Crippen LogP contribution in [-0.4, -0.2) is 18.7 Å². The lowest BCUT2D eigenvalue weighted by atomic mass is 9.78. The van der Waals surface area contributed by atoms with Crippen molar-refractivity contribution >= 4 is 11.6 Å². The molecule has 2 aliphatic rings. The summed E-state index contributed by atoms with van der Waals surface area (Å²) < 4.78 is 5.27. The smallest absolute Gasteiger partial charge is 0.190 e. The molecule has 0 amide bonds. The molecule has 0 aliphatic heterocycles. The number of hydrogen-bond acceptors (Lipinski definition) is 3. The van der Waals surface area contributed by atoms with Gasteiger partial charge in [-0.2, -0.15) is 0 Å². The van der Waals surface area contributed by atoms with Gasteiger partial charge in [-0.25, -0.2) is 0 Å². The van der Waals surface area contributed by atoms with Gasteiger partial charge in [-0.15, -0.1) is 0 Å². The van der Waals surface area contributed by atoms with E-state index in [9.17, 15) is 9.59 Å². The van der Waals surface area contributed by atoms with Gasteiger partial charge in [0.15, 0.2) is 11.6 Å².